The number of ether oxygens (including phenoxy) is 2. The second kappa shape index (κ2) is 11.1. The van der Waals surface area contributed by atoms with Gasteiger partial charge in [0.05, 0.1) is 18.2 Å². The molecule has 2 aromatic carbocycles. The molecule has 37 heavy (non-hydrogen) atoms. The van der Waals surface area contributed by atoms with Crippen LogP contribution in [0.2, 0.25) is 5.02 Å². The summed E-state index contributed by atoms with van der Waals surface area (Å²) < 4.78 is 12.1. The molecule has 2 heterocycles. The molecule has 1 saturated heterocycles. The zero-order chi connectivity index (χ0) is 26.8. The molecule has 4 N–H and O–H groups in total. The monoisotopic (exact) mass is 532 g/mol. The molecule has 2 aromatic rings. The van der Waals surface area contributed by atoms with Crippen LogP contribution in [0.25, 0.3) is 0 Å². The molecule has 4 rings (SSSR count). The number of likely N-dealkylation sites (tertiary alicyclic amines) is 1. The highest BCUT2D eigenvalue weighted by atomic mass is 35.5. The highest BCUT2D eigenvalue weighted by Crippen LogP contribution is 2.42. The van der Waals surface area contributed by atoms with Gasteiger partial charge in [0.15, 0.2) is 0 Å². The Kier molecular flexibility index (Phi) is 8.23. The second-order valence-electron chi connectivity index (χ2n) is 11.2. The Bertz CT molecular complexity index is 1110. The van der Waals surface area contributed by atoms with Crippen molar-refractivity contribution >= 4 is 17.5 Å². The van der Waals surface area contributed by atoms with Gasteiger partial charge >= 0.3 is 0 Å². The minimum atomic E-state index is -0.785. The van der Waals surface area contributed by atoms with E-state index in [1.807, 2.05) is 39.0 Å². The number of carbonyl (C=O) groups excluding carboxylic acids is 1. The number of fused-ring (bicyclic) bond motifs is 1. The van der Waals surface area contributed by atoms with Crippen LogP contribution < -0.4 is 14.8 Å². The SMILES string of the molecule is CC(C)(C)C(CO)NC(=O)c1ccc(O)cc1OC[C@@H](O)CN1CCC2(CC1)Cc1cc(Cl)ccc1O2. The number of amides is 1. The first kappa shape index (κ1) is 27.5. The number of hydrogen-bond acceptors (Lipinski definition) is 7. The average Bonchev–Trinajstić information content (AvgIpc) is 3.18. The first-order chi connectivity index (χ1) is 17.5. The van der Waals surface area contributed by atoms with Crippen LogP contribution in [-0.4, -0.2) is 76.7 Å². The average molecular weight is 533 g/mol. The Morgan fingerprint density at radius 1 is 1.22 bits per heavy atom. The molecule has 2 aliphatic rings. The van der Waals surface area contributed by atoms with Crippen molar-refractivity contribution in [3.8, 4) is 17.2 Å². The van der Waals surface area contributed by atoms with Crippen LogP contribution in [0, 0.1) is 5.41 Å². The first-order valence-electron chi connectivity index (χ1n) is 12.7. The molecule has 202 valence electrons. The van der Waals surface area contributed by atoms with Gasteiger partial charge in [0.2, 0.25) is 0 Å². The number of halogens is 1. The van der Waals surface area contributed by atoms with E-state index < -0.39 is 18.1 Å². The summed E-state index contributed by atoms with van der Waals surface area (Å²) in [5, 5.41) is 33.9. The molecule has 0 aliphatic carbocycles. The van der Waals surface area contributed by atoms with Gasteiger partial charge in [0.25, 0.3) is 5.91 Å². The summed E-state index contributed by atoms with van der Waals surface area (Å²) in [4.78, 5) is 15.1. The van der Waals surface area contributed by atoms with Gasteiger partial charge in [-0.3, -0.25) is 4.79 Å². The van der Waals surface area contributed by atoms with Crippen molar-refractivity contribution in [2.75, 3.05) is 32.8 Å². The Labute approximate surface area is 223 Å². The van der Waals surface area contributed by atoms with Crippen molar-refractivity contribution in [3.05, 3.63) is 52.5 Å². The van der Waals surface area contributed by atoms with Gasteiger partial charge in [-0.2, -0.15) is 0 Å². The van der Waals surface area contributed by atoms with Crippen LogP contribution >= 0.6 is 11.6 Å². The molecule has 0 saturated carbocycles. The topological polar surface area (TPSA) is 111 Å². The molecular formula is C28H37ClN2O6. The smallest absolute Gasteiger partial charge is 0.255 e. The summed E-state index contributed by atoms with van der Waals surface area (Å²) in [5.74, 6) is 0.620. The van der Waals surface area contributed by atoms with Crippen molar-refractivity contribution in [2.45, 2.75) is 57.8 Å². The normalized spacial score (nSPS) is 18.6. The van der Waals surface area contributed by atoms with Crippen LogP contribution in [0.5, 0.6) is 17.2 Å². The molecule has 0 bridgehead atoms. The van der Waals surface area contributed by atoms with Crippen molar-refractivity contribution in [1.82, 2.24) is 10.2 Å². The number of piperidine rings is 1. The maximum atomic E-state index is 12.9. The van der Waals surface area contributed by atoms with Gasteiger partial charge in [0.1, 0.15) is 35.6 Å². The Balaban J connectivity index is 1.30. The van der Waals surface area contributed by atoms with E-state index in [4.69, 9.17) is 21.1 Å². The lowest BCUT2D eigenvalue weighted by atomic mass is 9.87. The standard InChI is InChI=1S/C28H37ClN2O6/c1-27(2,3)25(16-32)30-26(35)22-6-5-20(33)13-24(22)36-17-21(34)15-31-10-8-28(9-11-31)14-18-12-19(29)4-7-23(18)37-28/h4-7,12-13,21,25,32-34H,8-11,14-17H2,1-3H3,(H,30,35)/t21-,25?/m0/s1. The lowest BCUT2D eigenvalue weighted by molar-refractivity contribution is -0.00201. The van der Waals surface area contributed by atoms with Crippen LogP contribution in [0.1, 0.15) is 49.5 Å². The molecule has 0 radical (unpaired) electrons. The Morgan fingerprint density at radius 2 is 1.95 bits per heavy atom. The number of carbonyl (C=O) groups is 1. The van der Waals surface area contributed by atoms with E-state index in [0.29, 0.717) is 6.54 Å². The van der Waals surface area contributed by atoms with E-state index >= 15 is 0 Å². The zero-order valence-corrected chi connectivity index (χ0v) is 22.4. The minimum absolute atomic E-state index is 0.0332. The maximum absolute atomic E-state index is 12.9. The lowest BCUT2D eigenvalue weighted by Gasteiger charge is -2.39. The fourth-order valence-corrected chi connectivity index (χ4v) is 5.15. The molecule has 0 aromatic heterocycles. The third-order valence-electron chi connectivity index (χ3n) is 7.27. The van der Waals surface area contributed by atoms with Crippen molar-refractivity contribution in [1.29, 1.82) is 0 Å². The highest BCUT2D eigenvalue weighted by Gasteiger charge is 2.42. The number of aliphatic hydroxyl groups excluding tert-OH is 2. The van der Waals surface area contributed by atoms with E-state index in [2.05, 4.69) is 10.2 Å². The number of nitrogens with one attached hydrogen (secondary N) is 1. The van der Waals surface area contributed by atoms with Crippen molar-refractivity contribution < 1.29 is 29.6 Å². The molecule has 1 amide bonds. The molecule has 8 nitrogen and oxygen atoms in total. The molecule has 1 unspecified atom stereocenters. The van der Waals surface area contributed by atoms with Crippen LogP contribution in [-0.2, 0) is 6.42 Å². The largest absolute Gasteiger partial charge is 0.508 e. The van der Waals surface area contributed by atoms with E-state index in [1.54, 1.807) is 0 Å². The summed E-state index contributed by atoms with van der Waals surface area (Å²) in [6.45, 7) is 7.53. The van der Waals surface area contributed by atoms with E-state index in [9.17, 15) is 20.1 Å². The number of β-amino-alcohol motifs (C(OH)–C–C–N with tert-alkyl or cyclic N) is 1. The summed E-state index contributed by atoms with van der Waals surface area (Å²) in [5.41, 5.74) is 0.818. The molecule has 2 atom stereocenters. The van der Waals surface area contributed by atoms with Crippen molar-refractivity contribution in [3.63, 3.8) is 0 Å². The van der Waals surface area contributed by atoms with Gasteiger partial charge in [0, 0.05) is 50.0 Å². The van der Waals surface area contributed by atoms with E-state index in [0.717, 1.165) is 48.7 Å². The quantitative estimate of drug-likeness (QED) is 0.412. The highest BCUT2D eigenvalue weighted by molar-refractivity contribution is 6.30. The zero-order valence-electron chi connectivity index (χ0n) is 21.7. The van der Waals surface area contributed by atoms with E-state index in [-0.39, 0.29) is 41.3 Å². The van der Waals surface area contributed by atoms with Gasteiger partial charge in [-0.05, 0) is 41.3 Å². The Hall–Kier alpha value is -2.52. The number of aromatic hydroxyl groups is 1. The third kappa shape index (κ3) is 6.68. The Morgan fingerprint density at radius 3 is 2.62 bits per heavy atom. The van der Waals surface area contributed by atoms with Crippen molar-refractivity contribution in [2.24, 2.45) is 5.41 Å². The molecule has 1 fully saturated rings. The number of phenolic OH excluding ortho intramolecular Hbond substituents is 1. The number of benzene rings is 2. The number of rotatable bonds is 8. The first-order valence-corrected chi connectivity index (χ1v) is 13.1. The number of hydrogen-bond donors (Lipinski definition) is 4. The lowest BCUT2D eigenvalue weighted by Crippen LogP contribution is -2.49. The van der Waals surface area contributed by atoms with Gasteiger partial charge in [-0.15, -0.1) is 0 Å². The molecule has 2 aliphatic heterocycles. The van der Waals surface area contributed by atoms with Crippen LogP contribution in [0.3, 0.4) is 0 Å². The molecule has 9 heteroatoms. The predicted molar refractivity (Wildman–Crippen MR) is 142 cm³/mol. The summed E-state index contributed by atoms with van der Waals surface area (Å²) >= 11 is 6.14. The summed E-state index contributed by atoms with van der Waals surface area (Å²) in [6, 6.07) is 9.54. The van der Waals surface area contributed by atoms with Crippen LogP contribution in [0.4, 0.5) is 0 Å². The maximum Gasteiger partial charge on any atom is 0.255 e. The molecule has 1 spiro atoms. The second-order valence-corrected chi connectivity index (χ2v) is 11.7. The van der Waals surface area contributed by atoms with Gasteiger partial charge in [-0.25, -0.2) is 0 Å². The minimum Gasteiger partial charge on any atom is -0.508 e. The fraction of sp³-hybridized carbons (Fsp3) is 0.536. The number of nitrogens with zero attached hydrogens (tertiary/aromatic N) is 1. The van der Waals surface area contributed by atoms with Gasteiger partial charge in [-0.1, -0.05) is 32.4 Å². The summed E-state index contributed by atoms with van der Waals surface area (Å²) in [6.07, 6.45) is 1.76. The number of phenols is 1. The predicted octanol–water partition coefficient (Wildman–Crippen LogP) is 3.39. The molecular weight excluding hydrogens is 496 g/mol. The van der Waals surface area contributed by atoms with Crippen LogP contribution in [0.15, 0.2) is 36.4 Å². The van der Waals surface area contributed by atoms with E-state index in [1.165, 1.54) is 18.2 Å². The summed E-state index contributed by atoms with van der Waals surface area (Å²) in [7, 11) is 0. The third-order valence-corrected chi connectivity index (χ3v) is 7.51. The number of aliphatic hydroxyl groups is 2. The van der Waals surface area contributed by atoms with Gasteiger partial charge < -0.3 is 35.0 Å². The fourth-order valence-electron chi connectivity index (χ4n) is 4.95.